The topological polar surface area (TPSA) is 66.9 Å². The van der Waals surface area contributed by atoms with Crippen LogP contribution < -0.4 is 0 Å². The van der Waals surface area contributed by atoms with Crippen LogP contribution in [-0.2, 0) is 0 Å². The van der Waals surface area contributed by atoms with E-state index in [1.54, 1.807) is 24.3 Å². The molecule has 0 aliphatic carbocycles. The third-order valence-corrected chi connectivity index (χ3v) is 3.37. The molecule has 2 aromatic carbocycles. The summed E-state index contributed by atoms with van der Waals surface area (Å²) < 4.78 is 0. The molecule has 0 aromatic heterocycles. The highest BCUT2D eigenvalue weighted by Gasteiger charge is 2.06. The molecule has 0 heterocycles. The van der Waals surface area contributed by atoms with Crippen LogP contribution in [0.2, 0.25) is 0 Å². The molecular weight excluding hydrogens is 248 g/mol. The monoisotopic (exact) mass is 256 g/mol. The number of rotatable bonds is 3. The lowest BCUT2D eigenvalue weighted by atomic mass is 10.2. The van der Waals surface area contributed by atoms with Crippen LogP contribution in [0.5, 0.6) is 0 Å². The number of hydrogen-bond donors (Lipinski definition) is 0. The average molecular weight is 256 g/mol. The molecule has 0 unspecified atom stereocenters. The molecule has 0 atom stereocenters. The van der Waals surface area contributed by atoms with Crippen LogP contribution in [0.3, 0.4) is 0 Å². The zero-order valence-corrected chi connectivity index (χ0v) is 10.1. The van der Waals surface area contributed by atoms with E-state index in [9.17, 15) is 10.1 Å². The fraction of sp³-hybridized carbons (Fsp3) is 0. The van der Waals surface area contributed by atoms with Crippen molar-refractivity contribution in [1.82, 2.24) is 0 Å². The lowest BCUT2D eigenvalue weighted by molar-refractivity contribution is -0.384. The molecule has 88 valence electrons. The maximum atomic E-state index is 10.5. The summed E-state index contributed by atoms with van der Waals surface area (Å²) in [4.78, 5) is 11.8. The summed E-state index contributed by atoms with van der Waals surface area (Å²) in [5.74, 6) is 0. The van der Waals surface area contributed by atoms with Crippen molar-refractivity contribution >= 4 is 17.4 Å². The van der Waals surface area contributed by atoms with E-state index >= 15 is 0 Å². The van der Waals surface area contributed by atoms with Gasteiger partial charge in [0.1, 0.15) is 6.07 Å². The van der Waals surface area contributed by atoms with E-state index in [-0.39, 0.29) is 5.69 Å². The fourth-order valence-electron chi connectivity index (χ4n) is 1.41. The number of benzene rings is 2. The molecule has 0 spiro atoms. The van der Waals surface area contributed by atoms with Gasteiger partial charge in [0.2, 0.25) is 0 Å². The molecule has 0 radical (unpaired) electrons. The number of nitrogens with zero attached hydrogens (tertiary/aromatic N) is 2. The molecule has 0 aliphatic heterocycles. The largest absolute Gasteiger partial charge is 0.269 e. The summed E-state index contributed by atoms with van der Waals surface area (Å²) >= 11 is 1.41. The highest BCUT2D eigenvalue weighted by molar-refractivity contribution is 7.99. The van der Waals surface area contributed by atoms with Gasteiger partial charge in [-0.1, -0.05) is 23.9 Å². The zero-order valence-electron chi connectivity index (χ0n) is 9.24. The van der Waals surface area contributed by atoms with Gasteiger partial charge >= 0.3 is 0 Å². The zero-order chi connectivity index (χ0) is 13.0. The maximum absolute atomic E-state index is 10.5. The molecule has 0 amide bonds. The molecule has 0 bridgehead atoms. The van der Waals surface area contributed by atoms with Gasteiger partial charge in [-0.15, -0.1) is 0 Å². The van der Waals surface area contributed by atoms with Crippen molar-refractivity contribution in [1.29, 1.82) is 5.26 Å². The molecule has 0 saturated heterocycles. The Kier molecular flexibility index (Phi) is 3.60. The molecule has 2 rings (SSSR count). The molecule has 0 fully saturated rings. The van der Waals surface area contributed by atoms with Crippen molar-refractivity contribution in [3.05, 3.63) is 64.2 Å². The van der Waals surface area contributed by atoms with Crippen LogP contribution >= 0.6 is 11.8 Å². The van der Waals surface area contributed by atoms with E-state index in [0.717, 1.165) is 9.79 Å². The van der Waals surface area contributed by atoms with Gasteiger partial charge in [0, 0.05) is 21.9 Å². The Balaban J connectivity index is 2.24. The first-order chi connectivity index (χ1) is 8.70. The first-order valence-electron chi connectivity index (χ1n) is 5.12. The molecule has 2 aromatic rings. The van der Waals surface area contributed by atoms with Gasteiger partial charge in [-0.05, 0) is 24.3 Å². The summed E-state index contributed by atoms with van der Waals surface area (Å²) in [7, 11) is 0. The van der Waals surface area contributed by atoms with Crippen molar-refractivity contribution in [2.45, 2.75) is 9.79 Å². The van der Waals surface area contributed by atoms with E-state index < -0.39 is 4.92 Å². The van der Waals surface area contributed by atoms with Crippen LogP contribution in [0.25, 0.3) is 0 Å². The van der Waals surface area contributed by atoms with E-state index in [1.807, 2.05) is 12.1 Å². The highest BCUT2D eigenvalue weighted by atomic mass is 32.2. The molecule has 5 heteroatoms. The minimum Gasteiger partial charge on any atom is -0.258 e. The normalized spacial score (nSPS) is 9.72. The van der Waals surface area contributed by atoms with Gasteiger partial charge in [0.15, 0.2) is 0 Å². The van der Waals surface area contributed by atoms with Gasteiger partial charge in [0.25, 0.3) is 5.69 Å². The Labute approximate surface area is 108 Å². The summed E-state index contributed by atoms with van der Waals surface area (Å²) in [5, 5.41) is 19.5. The van der Waals surface area contributed by atoms with Gasteiger partial charge in [-0.3, -0.25) is 10.1 Å². The summed E-state index contributed by atoms with van der Waals surface area (Å²) in [6, 6.07) is 15.6. The van der Waals surface area contributed by atoms with Crippen LogP contribution in [0.15, 0.2) is 58.3 Å². The summed E-state index contributed by atoms with van der Waals surface area (Å²) in [5.41, 5.74) is 0.661. The Bertz CT molecular complexity index is 618. The summed E-state index contributed by atoms with van der Waals surface area (Å²) in [6.07, 6.45) is 0. The second-order valence-corrected chi connectivity index (χ2v) is 4.58. The number of non-ortho nitro benzene ring substituents is 1. The van der Waals surface area contributed by atoms with Gasteiger partial charge < -0.3 is 0 Å². The molecule has 4 nitrogen and oxygen atoms in total. The number of nitro groups is 1. The smallest absolute Gasteiger partial charge is 0.258 e. The standard InChI is InChI=1S/C13H8N2O2S/c14-9-10-3-1-2-4-13(10)18-12-7-5-11(6-8-12)15(16)17/h1-8H. The second kappa shape index (κ2) is 5.34. The summed E-state index contributed by atoms with van der Waals surface area (Å²) in [6.45, 7) is 0. The number of hydrogen-bond acceptors (Lipinski definition) is 4. The number of nitro benzene ring substituents is 1. The minimum absolute atomic E-state index is 0.0629. The van der Waals surface area contributed by atoms with E-state index in [2.05, 4.69) is 6.07 Å². The lowest BCUT2D eigenvalue weighted by Gasteiger charge is -2.03. The van der Waals surface area contributed by atoms with Crippen molar-refractivity contribution in [3.63, 3.8) is 0 Å². The van der Waals surface area contributed by atoms with Gasteiger partial charge in [-0.2, -0.15) is 5.26 Å². The van der Waals surface area contributed by atoms with Crippen LogP contribution in [0.4, 0.5) is 5.69 Å². The van der Waals surface area contributed by atoms with Crippen LogP contribution in [0, 0.1) is 21.4 Å². The molecule has 18 heavy (non-hydrogen) atoms. The van der Waals surface area contributed by atoms with Crippen molar-refractivity contribution < 1.29 is 4.92 Å². The first kappa shape index (κ1) is 12.1. The Morgan fingerprint density at radius 1 is 1.11 bits per heavy atom. The van der Waals surface area contributed by atoms with Crippen LogP contribution in [0.1, 0.15) is 5.56 Å². The highest BCUT2D eigenvalue weighted by Crippen LogP contribution is 2.30. The first-order valence-corrected chi connectivity index (χ1v) is 5.94. The third kappa shape index (κ3) is 2.67. The molecule has 0 saturated carbocycles. The average Bonchev–Trinajstić information content (AvgIpc) is 2.40. The predicted molar refractivity (Wildman–Crippen MR) is 68.4 cm³/mol. The second-order valence-electron chi connectivity index (χ2n) is 3.46. The third-order valence-electron chi connectivity index (χ3n) is 2.28. The fourth-order valence-corrected chi connectivity index (χ4v) is 2.31. The quantitative estimate of drug-likeness (QED) is 0.621. The molecule has 0 N–H and O–H groups in total. The SMILES string of the molecule is N#Cc1ccccc1Sc1ccc([N+](=O)[O-])cc1. The van der Waals surface area contributed by atoms with Crippen molar-refractivity contribution in [2.75, 3.05) is 0 Å². The Morgan fingerprint density at radius 3 is 2.39 bits per heavy atom. The Hall–Kier alpha value is -2.32. The van der Waals surface area contributed by atoms with Crippen molar-refractivity contribution in [2.24, 2.45) is 0 Å². The Morgan fingerprint density at radius 2 is 1.78 bits per heavy atom. The molecular formula is C13H8N2O2S. The molecule has 0 aliphatic rings. The van der Waals surface area contributed by atoms with E-state index in [1.165, 1.54) is 23.9 Å². The number of nitriles is 1. The predicted octanol–water partition coefficient (Wildman–Crippen LogP) is 3.62. The maximum Gasteiger partial charge on any atom is 0.269 e. The van der Waals surface area contributed by atoms with Gasteiger partial charge in [0.05, 0.1) is 10.5 Å². The van der Waals surface area contributed by atoms with Crippen molar-refractivity contribution in [3.8, 4) is 6.07 Å². The van der Waals surface area contributed by atoms with Gasteiger partial charge in [-0.25, -0.2) is 0 Å². The van der Waals surface area contributed by atoms with Crippen LogP contribution in [-0.4, -0.2) is 4.92 Å². The lowest BCUT2D eigenvalue weighted by Crippen LogP contribution is -1.86. The van der Waals surface area contributed by atoms with E-state index in [0.29, 0.717) is 5.56 Å². The minimum atomic E-state index is -0.433. The van der Waals surface area contributed by atoms with E-state index in [4.69, 9.17) is 5.26 Å².